The first-order valence-corrected chi connectivity index (χ1v) is 7.22. The molecule has 8 heteroatoms. The number of hydrogen-bond acceptors (Lipinski definition) is 6. The molecule has 1 aliphatic heterocycles. The van der Waals surface area contributed by atoms with E-state index in [-0.39, 0.29) is 5.69 Å². The standard InChI is InChI=1S/C12H17BrN4O3/c1-3-15-4-6-16(7-5-15)11-10(17(18)19)8-9(13)12(14-11)20-2/h8H,3-7H2,1-2H3. The molecule has 0 radical (unpaired) electrons. The maximum Gasteiger partial charge on any atom is 0.312 e. The number of piperazine rings is 1. The van der Waals surface area contributed by atoms with Crippen molar-refractivity contribution in [1.82, 2.24) is 9.88 Å². The van der Waals surface area contributed by atoms with Crippen molar-refractivity contribution in [2.24, 2.45) is 0 Å². The van der Waals surface area contributed by atoms with E-state index < -0.39 is 4.92 Å². The Morgan fingerprint density at radius 3 is 2.60 bits per heavy atom. The second-order valence-corrected chi connectivity index (χ2v) is 5.35. The van der Waals surface area contributed by atoms with E-state index in [4.69, 9.17) is 4.74 Å². The van der Waals surface area contributed by atoms with Gasteiger partial charge in [-0.1, -0.05) is 6.92 Å². The molecule has 0 saturated carbocycles. The first kappa shape index (κ1) is 15.0. The predicted octanol–water partition coefficient (Wildman–Crippen LogP) is 1.90. The predicted molar refractivity (Wildman–Crippen MR) is 79.5 cm³/mol. The summed E-state index contributed by atoms with van der Waals surface area (Å²) in [6.45, 7) is 6.33. The molecule has 7 nitrogen and oxygen atoms in total. The third-order valence-corrected chi connectivity index (χ3v) is 3.98. The van der Waals surface area contributed by atoms with E-state index in [1.54, 1.807) is 0 Å². The minimum atomic E-state index is -0.404. The average Bonchev–Trinajstić information content (AvgIpc) is 2.47. The first-order chi connectivity index (χ1) is 9.56. The van der Waals surface area contributed by atoms with Crippen LogP contribution < -0.4 is 9.64 Å². The highest BCUT2D eigenvalue weighted by Gasteiger charge is 2.26. The lowest BCUT2D eigenvalue weighted by molar-refractivity contribution is -0.384. The number of ether oxygens (including phenoxy) is 1. The van der Waals surface area contributed by atoms with Crippen LogP contribution in [0.15, 0.2) is 10.5 Å². The van der Waals surface area contributed by atoms with Gasteiger partial charge < -0.3 is 14.5 Å². The van der Waals surface area contributed by atoms with Crippen LogP contribution in [-0.2, 0) is 0 Å². The number of rotatable bonds is 4. The van der Waals surface area contributed by atoms with Crippen molar-refractivity contribution in [3.05, 3.63) is 20.7 Å². The molecule has 1 fully saturated rings. The van der Waals surface area contributed by atoms with Crippen molar-refractivity contribution in [2.75, 3.05) is 44.7 Å². The molecule has 1 aromatic rings. The van der Waals surface area contributed by atoms with Crippen molar-refractivity contribution in [1.29, 1.82) is 0 Å². The zero-order valence-corrected chi connectivity index (χ0v) is 13.1. The second kappa shape index (κ2) is 6.36. The fraction of sp³-hybridized carbons (Fsp3) is 0.583. The van der Waals surface area contributed by atoms with Crippen LogP contribution in [0.3, 0.4) is 0 Å². The summed E-state index contributed by atoms with van der Waals surface area (Å²) >= 11 is 3.24. The average molecular weight is 345 g/mol. The molecule has 0 unspecified atom stereocenters. The first-order valence-electron chi connectivity index (χ1n) is 6.43. The van der Waals surface area contributed by atoms with Crippen LogP contribution in [0.2, 0.25) is 0 Å². The molecule has 0 amide bonds. The van der Waals surface area contributed by atoms with Crippen LogP contribution in [0.1, 0.15) is 6.92 Å². The Bertz CT molecular complexity index is 504. The van der Waals surface area contributed by atoms with Gasteiger partial charge in [0, 0.05) is 32.2 Å². The molecule has 0 aliphatic carbocycles. The van der Waals surface area contributed by atoms with Gasteiger partial charge in [0.1, 0.15) is 0 Å². The lowest BCUT2D eigenvalue weighted by Crippen LogP contribution is -2.46. The number of nitro groups is 1. The van der Waals surface area contributed by atoms with Gasteiger partial charge in [0.15, 0.2) is 0 Å². The van der Waals surface area contributed by atoms with Gasteiger partial charge in [0.2, 0.25) is 11.7 Å². The van der Waals surface area contributed by atoms with E-state index >= 15 is 0 Å². The van der Waals surface area contributed by atoms with Crippen molar-refractivity contribution < 1.29 is 9.66 Å². The number of anilines is 1. The summed E-state index contributed by atoms with van der Waals surface area (Å²) in [6.07, 6.45) is 0. The van der Waals surface area contributed by atoms with Crippen molar-refractivity contribution >= 4 is 27.4 Å². The van der Waals surface area contributed by atoms with E-state index in [1.165, 1.54) is 13.2 Å². The summed E-state index contributed by atoms with van der Waals surface area (Å²) in [6, 6.07) is 1.45. The number of pyridine rings is 1. The molecule has 1 saturated heterocycles. The zero-order valence-electron chi connectivity index (χ0n) is 11.5. The summed E-state index contributed by atoms with van der Waals surface area (Å²) in [5.41, 5.74) is 0.00243. The maximum absolute atomic E-state index is 11.2. The lowest BCUT2D eigenvalue weighted by atomic mass is 10.3. The van der Waals surface area contributed by atoms with Crippen molar-refractivity contribution in [3.63, 3.8) is 0 Å². The van der Waals surface area contributed by atoms with Crippen LogP contribution in [0.25, 0.3) is 0 Å². The molecule has 0 aromatic carbocycles. The van der Waals surface area contributed by atoms with Gasteiger partial charge in [-0.05, 0) is 22.5 Å². The molecule has 110 valence electrons. The van der Waals surface area contributed by atoms with E-state index in [9.17, 15) is 10.1 Å². The smallest absolute Gasteiger partial charge is 0.312 e. The number of aromatic nitrogens is 1. The van der Waals surface area contributed by atoms with E-state index in [0.29, 0.717) is 16.2 Å². The highest BCUT2D eigenvalue weighted by atomic mass is 79.9. The molecule has 2 rings (SSSR count). The third kappa shape index (κ3) is 3.01. The molecule has 0 spiro atoms. The lowest BCUT2D eigenvalue weighted by Gasteiger charge is -2.34. The number of halogens is 1. The SMILES string of the molecule is CCN1CCN(c2nc(OC)c(Br)cc2[N+](=O)[O-])CC1. The molecule has 1 aromatic heterocycles. The topological polar surface area (TPSA) is 71.7 Å². The van der Waals surface area contributed by atoms with Gasteiger partial charge in [-0.25, -0.2) is 0 Å². The number of likely N-dealkylation sites (N-methyl/N-ethyl adjacent to an activating group) is 1. The molecule has 1 aliphatic rings. The van der Waals surface area contributed by atoms with Crippen LogP contribution in [-0.4, -0.2) is 54.6 Å². The Labute approximate surface area is 125 Å². The minimum Gasteiger partial charge on any atom is -0.480 e. The highest BCUT2D eigenvalue weighted by molar-refractivity contribution is 9.10. The number of nitrogens with zero attached hydrogens (tertiary/aromatic N) is 4. The summed E-state index contributed by atoms with van der Waals surface area (Å²) in [5.74, 6) is 0.745. The van der Waals surface area contributed by atoms with Gasteiger partial charge in [-0.15, -0.1) is 0 Å². The van der Waals surface area contributed by atoms with Gasteiger partial charge in [0.05, 0.1) is 16.5 Å². The summed E-state index contributed by atoms with van der Waals surface area (Å²) in [7, 11) is 1.50. The Kier molecular flexibility index (Phi) is 4.77. The fourth-order valence-electron chi connectivity index (χ4n) is 2.24. The largest absolute Gasteiger partial charge is 0.480 e. The third-order valence-electron chi connectivity index (χ3n) is 3.41. The zero-order chi connectivity index (χ0) is 14.7. The maximum atomic E-state index is 11.2. The van der Waals surface area contributed by atoms with Crippen LogP contribution in [0.4, 0.5) is 11.5 Å². The molecule has 2 heterocycles. The van der Waals surface area contributed by atoms with Crippen LogP contribution in [0, 0.1) is 10.1 Å². The van der Waals surface area contributed by atoms with Gasteiger partial charge in [-0.2, -0.15) is 4.98 Å². The quantitative estimate of drug-likeness (QED) is 0.613. The molecule has 0 bridgehead atoms. The minimum absolute atomic E-state index is 0.00243. The highest BCUT2D eigenvalue weighted by Crippen LogP contribution is 2.34. The second-order valence-electron chi connectivity index (χ2n) is 4.50. The normalized spacial score (nSPS) is 16.2. The Morgan fingerprint density at radius 2 is 2.10 bits per heavy atom. The number of hydrogen-bond donors (Lipinski definition) is 0. The van der Waals surface area contributed by atoms with Crippen LogP contribution in [0.5, 0.6) is 5.88 Å². The van der Waals surface area contributed by atoms with Gasteiger partial charge >= 0.3 is 5.69 Å². The Morgan fingerprint density at radius 1 is 1.45 bits per heavy atom. The van der Waals surface area contributed by atoms with E-state index in [2.05, 4.69) is 32.7 Å². The molecular formula is C12H17BrN4O3. The molecule has 20 heavy (non-hydrogen) atoms. The van der Waals surface area contributed by atoms with E-state index in [0.717, 1.165) is 32.7 Å². The number of methoxy groups -OCH3 is 1. The van der Waals surface area contributed by atoms with Crippen molar-refractivity contribution in [3.8, 4) is 5.88 Å². The summed E-state index contributed by atoms with van der Waals surface area (Å²) in [4.78, 5) is 19.3. The van der Waals surface area contributed by atoms with E-state index in [1.807, 2.05) is 4.90 Å². The van der Waals surface area contributed by atoms with Crippen molar-refractivity contribution in [2.45, 2.75) is 6.92 Å². The fourth-order valence-corrected chi connectivity index (χ4v) is 2.71. The van der Waals surface area contributed by atoms with Gasteiger partial charge in [0.25, 0.3) is 0 Å². The molecule has 0 atom stereocenters. The Hall–Kier alpha value is -1.41. The molecular weight excluding hydrogens is 328 g/mol. The summed E-state index contributed by atoms with van der Waals surface area (Å²) < 4.78 is 5.62. The van der Waals surface area contributed by atoms with Gasteiger partial charge in [-0.3, -0.25) is 10.1 Å². The monoisotopic (exact) mass is 344 g/mol. The Balaban J connectivity index is 2.32. The molecule has 0 N–H and O–H groups in total. The van der Waals surface area contributed by atoms with Crippen LogP contribution >= 0.6 is 15.9 Å². The summed E-state index contributed by atoms with van der Waals surface area (Å²) in [5, 5.41) is 11.2.